The first-order valence-electron chi connectivity index (χ1n) is 5.49. The smallest absolute Gasteiger partial charge is 0.392 e. The van der Waals surface area contributed by atoms with E-state index in [0.717, 1.165) is 0 Å². The Morgan fingerprint density at radius 1 is 1.41 bits per heavy atom. The maximum Gasteiger partial charge on any atom is 0.392 e. The number of halogens is 3. The van der Waals surface area contributed by atoms with E-state index >= 15 is 0 Å². The lowest BCUT2D eigenvalue weighted by atomic mass is 10.1. The fraction of sp³-hybridized carbons (Fsp3) is 0.545. The SMILES string of the molecule is FC(F)(F)[C@@H]1C[C@H]1c1cnc2c(c1)NCCO2. The molecule has 3 rings (SSSR count). The minimum Gasteiger partial charge on any atom is -0.474 e. The molecule has 0 bridgehead atoms. The van der Waals surface area contributed by atoms with Crippen LogP contribution in [-0.4, -0.2) is 24.3 Å². The van der Waals surface area contributed by atoms with Crippen molar-refractivity contribution in [3.8, 4) is 5.88 Å². The Kier molecular flexibility index (Phi) is 2.21. The lowest BCUT2D eigenvalue weighted by molar-refractivity contribution is -0.148. The zero-order chi connectivity index (χ0) is 12.0. The summed E-state index contributed by atoms with van der Waals surface area (Å²) in [5.41, 5.74) is 1.34. The number of hydrogen-bond acceptors (Lipinski definition) is 3. The van der Waals surface area contributed by atoms with E-state index < -0.39 is 18.0 Å². The fourth-order valence-corrected chi connectivity index (χ4v) is 2.17. The second-order valence-corrected chi connectivity index (χ2v) is 4.39. The van der Waals surface area contributed by atoms with E-state index in [0.29, 0.717) is 30.3 Å². The molecule has 2 aliphatic rings. The predicted octanol–water partition coefficient (Wildman–Crippen LogP) is 2.55. The summed E-state index contributed by atoms with van der Waals surface area (Å²) >= 11 is 0. The summed E-state index contributed by atoms with van der Waals surface area (Å²) in [6.45, 7) is 1.19. The van der Waals surface area contributed by atoms with Crippen LogP contribution < -0.4 is 10.1 Å². The van der Waals surface area contributed by atoms with Crippen LogP contribution in [0, 0.1) is 5.92 Å². The molecule has 0 spiro atoms. The van der Waals surface area contributed by atoms with Gasteiger partial charge in [0.15, 0.2) is 0 Å². The number of aromatic nitrogens is 1. The van der Waals surface area contributed by atoms with Crippen LogP contribution in [0.2, 0.25) is 0 Å². The maximum absolute atomic E-state index is 12.5. The van der Waals surface area contributed by atoms with Crippen molar-refractivity contribution in [1.29, 1.82) is 0 Å². The molecular weight excluding hydrogens is 233 g/mol. The quantitative estimate of drug-likeness (QED) is 0.824. The molecule has 0 amide bonds. The maximum atomic E-state index is 12.5. The molecule has 1 aliphatic heterocycles. The van der Waals surface area contributed by atoms with Gasteiger partial charge in [-0.2, -0.15) is 13.2 Å². The van der Waals surface area contributed by atoms with Crippen LogP contribution in [0.5, 0.6) is 5.88 Å². The Morgan fingerprint density at radius 3 is 2.94 bits per heavy atom. The number of rotatable bonds is 1. The summed E-state index contributed by atoms with van der Waals surface area (Å²) in [4.78, 5) is 4.04. The molecule has 0 aromatic carbocycles. The van der Waals surface area contributed by atoms with Gasteiger partial charge in [0, 0.05) is 12.7 Å². The number of fused-ring (bicyclic) bond motifs is 1. The number of pyridine rings is 1. The van der Waals surface area contributed by atoms with Crippen LogP contribution in [0.25, 0.3) is 0 Å². The van der Waals surface area contributed by atoms with Gasteiger partial charge in [-0.15, -0.1) is 0 Å². The minimum atomic E-state index is -4.09. The molecular formula is C11H11F3N2O. The van der Waals surface area contributed by atoms with Crippen molar-refractivity contribution in [2.75, 3.05) is 18.5 Å². The topological polar surface area (TPSA) is 34.2 Å². The van der Waals surface area contributed by atoms with Gasteiger partial charge in [0.2, 0.25) is 5.88 Å². The summed E-state index contributed by atoms with van der Waals surface area (Å²) in [7, 11) is 0. The Labute approximate surface area is 96.0 Å². The van der Waals surface area contributed by atoms with Gasteiger partial charge in [0.25, 0.3) is 0 Å². The zero-order valence-electron chi connectivity index (χ0n) is 8.92. The average molecular weight is 244 g/mol. The van der Waals surface area contributed by atoms with Crippen LogP contribution in [0.1, 0.15) is 17.9 Å². The van der Waals surface area contributed by atoms with Crippen molar-refractivity contribution in [2.24, 2.45) is 5.92 Å². The first-order valence-corrected chi connectivity index (χ1v) is 5.49. The number of nitrogens with zero attached hydrogens (tertiary/aromatic N) is 1. The van der Waals surface area contributed by atoms with Crippen LogP contribution in [0.4, 0.5) is 18.9 Å². The second-order valence-electron chi connectivity index (χ2n) is 4.39. The molecule has 0 radical (unpaired) electrons. The number of alkyl halides is 3. The lowest BCUT2D eigenvalue weighted by Gasteiger charge is -2.18. The van der Waals surface area contributed by atoms with Gasteiger partial charge < -0.3 is 10.1 Å². The van der Waals surface area contributed by atoms with E-state index in [1.807, 2.05) is 0 Å². The third-order valence-corrected chi connectivity index (χ3v) is 3.17. The van der Waals surface area contributed by atoms with Crippen molar-refractivity contribution in [3.63, 3.8) is 0 Å². The molecule has 2 atom stereocenters. The van der Waals surface area contributed by atoms with E-state index in [-0.39, 0.29) is 6.42 Å². The largest absolute Gasteiger partial charge is 0.474 e. The van der Waals surface area contributed by atoms with Gasteiger partial charge in [-0.05, 0) is 24.0 Å². The highest BCUT2D eigenvalue weighted by molar-refractivity contribution is 5.56. The Balaban J connectivity index is 1.82. The van der Waals surface area contributed by atoms with Gasteiger partial charge in [-0.1, -0.05) is 0 Å². The molecule has 0 unspecified atom stereocenters. The van der Waals surface area contributed by atoms with Crippen molar-refractivity contribution in [3.05, 3.63) is 17.8 Å². The fourth-order valence-electron chi connectivity index (χ4n) is 2.17. The van der Waals surface area contributed by atoms with E-state index in [2.05, 4.69) is 10.3 Å². The Bertz CT molecular complexity index is 447. The first-order chi connectivity index (χ1) is 8.05. The molecule has 1 aromatic rings. The van der Waals surface area contributed by atoms with Crippen molar-refractivity contribution >= 4 is 5.69 Å². The highest BCUT2D eigenvalue weighted by Crippen LogP contribution is 2.56. The Hall–Kier alpha value is -1.46. The zero-order valence-corrected chi connectivity index (χ0v) is 8.92. The van der Waals surface area contributed by atoms with Crippen molar-refractivity contribution in [1.82, 2.24) is 4.98 Å². The third kappa shape index (κ3) is 1.92. The monoisotopic (exact) mass is 244 g/mol. The normalized spacial score (nSPS) is 26.8. The summed E-state index contributed by atoms with van der Waals surface area (Å²) in [6, 6.07) is 1.72. The third-order valence-electron chi connectivity index (χ3n) is 3.17. The van der Waals surface area contributed by atoms with Crippen LogP contribution >= 0.6 is 0 Å². The molecule has 1 aliphatic carbocycles. The number of hydrogen-bond donors (Lipinski definition) is 1. The first kappa shape index (κ1) is 10.7. The lowest BCUT2D eigenvalue weighted by Crippen LogP contribution is -2.19. The van der Waals surface area contributed by atoms with Crippen LogP contribution in [0.15, 0.2) is 12.3 Å². The number of anilines is 1. The highest BCUT2D eigenvalue weighted by atomic mass is 19.4. The van der Waals surface area contributed by atoms with Gasteiger partial charge in [-0.25, -0.2) is 4.98 Å². The van der Waals surface area contributed by atoms with E-state index in [1.165, 1.54) is 6.20 Å². The molecule has 3 nitrogen and oxygen atoms in total. The molecule has 17 heavy (non-hydrogen) atoms. The molecule has 6 heteroatoms. The average Bonchev–Trinajstić information content (AvgIpc) is 3.08. The number of nitrogens with one attached hydrogen (secondary N) is 1. The van der Waals surface area contributed by atoms with E-state index in [9.17, 15) is 13.2 Å². The van der Waals surface area contributed by atoms with Gasteiger partial charge in [0.1, 0.15) is 6.61 Å². The summed E-state index contributed by atoms with van der Waals surface area (Å²) in [5.74, 6) is -1.16. The predicted molar refractivity (Wildman–Crippen MR) is 55.1 cm³/mol. The van der Waals surface area contributed by atoms with E-state index in [1.54, 1.807) is 6.07 Å². The molecule has 0 saturated heterocycles. The van der Waals surface area contributed by atoms with Gasteiger partial charge >= 0.3 is 6.18 Å². The molecule has 1 saturated carbocycles. The van der Waals surface area contributed by atoms with Crippen LogP contribution in [0.3, 0.4) is 0 Å². The summed E-state index contributed by atoms with van der Waals surface area (Å²) in [5, 5.41) is 3.07. The van der Waals surface area contributed by atoms with Crippen LogP contribution in [-0.2, 0) is 0 Å². The van der Waals surface area contributed by atoms with Gasteiger partial charge in [0.05, 0.1) is 11.6 Å². The number of ether oxygens (including phenoxy) is 1. The highest BCUT2D eigenvalue weighted by Gasteiger charge is 2.56. The summed E-state index contributed by atoms with van der Waals surface area (Å²) in [6.07, 6.45) is -2.43. The molecule has 1 fully saturated rings. The molecule has 92 valence electrons. The molecule has 1 aromatic heterocycles. The van der Waals surface area contributed by atoms with Crippen molar-refractivity contribution in [2.45, 2.75) is 18.5 Å². The van der Waals surface area contributed by atoms with Crippen molar-refractivity contribution < 1.29 is 17.9 Å². The molecule has 1 N–H and O–H groups in total. The molecule has 2 heterocycles. The minimum absolute atomic E-state index is 0.171. The second kappa shape index (κ2) is 3.51. The summed E-state index contributed by atoms with van der Waals surface area (Å²) < 4.78 is 42.6. The van der Waals surface area contributed by atoms with E-state index in [4.69, 9.17) is 4.74 Å². The standard InChI is InChI=1S/C11H11F3N2O/c12-11(13,14)8-4-7(8)6-3-9-10(16-5-6)17-2-1-15-9/h3,5,7-8,15H,1-2,4H2/t7-,8+/m0/s1. The Morgan fingerprint density at radius 2 is 2.24 bits per heavy atom. The van der Waals surface area contributed by atoms with Gasteiger partial charge in [-0.3, -0.25) is 0 Å².